The molecule has 6 nitrogen and oxygen atoms in total. The lowest BCUT2D eigenvalue weighted by Gasteiger charge is -2.18. The molecule has 0 aromatic carbocycles. The van der Waals surface area contributed by atoms with Gasteiger partial charge in [0.05, 0.1) is 0 Å². The third-order valence-electron chi connectivity index (χ3n) is 12.2. The van der Waals surface area contributed by atoms with E-state index >= 15 is 0 Å². The number of ether oxygens (including phenoxy) is 3. The fourth-order valence-corrected chi connectivity index (χ4v) is 8.06. The van der Waals surface area contributed by atoms with Gasteiger partial charge >= 0.3 is 17.9 Å². The molecule has 0 fully saturated rings. The number of carbonyl (C=O) groups is 3. The number of carbonyl (C=O) groups excluding carboxylic acids is 3. The molecule has 0 saturated heterocycles. The van der Waals surface area contributed by atoms with Crippen LogP contribution in [0.3, 0.4) is 0 Å². The van der Waals surface area contributed by atoms with Gasteiger partial charge in [-0.15, -0.1) is 0 Å². The van der Waals surface area contributed by atoms with Crippen molar-refractivity contribution in [2.45, 2.75) is 303 Å². The Hall–Kier alpha value is -2.11. The Balaban J connectivity index is 3.91. The second-order valence-electron chi connectivity index (χ2n) is 18.5. The van der Waals surface area contributed by atoms with E-state index in [-0.39, 0.29) is 31.1 Å². The van der Waals surface area contributed by atoms with Crippen molar-refractivity contribution < 1.29 is 28.6 Å². The quantitative estimate of drug-likeness (QED) is 0.0262. The molecule has 0 N–H and O–H groups in total. The number of hydrogen-bond acceptors (Lipinski definition) is 6. The third kappa shape index (κ3) is 48.9. The Bertz CT molecular complexity index is 1000. The highest BCUT2D eigenvalue weighted by molar-refractivity contribution is 5.71. The highest BCUT2D eigenvalue weighted by Gasteiger charge is 2.19. The van der Waals surface area contributed by atoms with Crippen molar-refractivity contribution in [3.8, 4) is 0 Å². The molecule has 0 amide bonds. The van der Waals surface area contributed by atoms with E-state index < -0.39 is 6.10 Å². The van der Waals surface area contributed by atoms with E-state index in [1.807, 2.05) is 0 Å². The number of esters is 3. The van der Waals surface area contributed by atoms with Gasteiger partial charge in [0.1, 0.15) is 13.2 Å². The van der Waals surface area contributed by atoms with Crippen LogP contribution in [0.5, 0.6) is 0 Å². The zero-order valence-electron chi connectivity index (χ0n) is 41.7. The van der Waals surface area contributed by atoms with Crippen molar-refractivity contribution in [3.05, 3.63) is 24.3 Å². The molecule has 0 bridgehead atoms. The molecule has 62 heavy (non-hydrogen) atoms. The molecule has 0 aliphatic heterocycles. The minimum atomic E-state index is -0.760. The molecule has 0 aromatic rings. The molecule has 364 valence electrons. The molecule has 6 heteroatoms. The summed E-state index contributed by atoms with van der Waals surface area (Å²) in [5, 5.41) is 0. The van der Waals surface area contributed by atoms with Crippen LogP contribution >= 0.6 is 0 Å². The fourth-order valence-electron chi connectivity index (χ4n) is 8.06. The lowest BCUT2D eigenvalue weighted by molar-refractivity contribution is -0.167. The summed E-state index contributed by atoms with van der Waals surface area (Å²) in [4.78, 5) is 37.6. The van der Waals surface area contributed by atoms with E-state index in [1.54, 1.807) is 0 Å². The first-order valence-corrected chi connectivity index (χ1v) is 27.3. The molecular weight excluding hydrogens is 769 g/mol. The summed E-state index contributed by atoms with van der Waals surface area (Å²) in [5.74, 6) is -0.866. The van der Waals surface area contributed by atoms with Gasteiger partial charge in [0.2, 0.25) is 0 Å². The maximum Gasteiger partial charge on any atom is 0.306 e. The normalized spacial score (nSPS) is 12.1. The molecule has 0 saturated carbocycles. The zero-order valence-corrected chi connectivity index (χ0v) is 41.7. The summed E-state index contributed by atoms with van der Waals surface area (Å²) >= 11 is 0. The highest BCUT2D eigenvalue weighted by atomic mass is 16.6. The molecule has 0 spiro atoms. The van der Waals surface area contributed by atoms with Gasteiger partial charge in [-0.25, -0.2) is 0 Å². The van der Waals surface area contributed by atoms with Crippen LogP contribution in [0, 0.1) is 0 Å². The fraction of sp³-hybridized carbons (Fsp3) is 0.875. The first kappa shape index (κ1) is 59.9. The summed E-state index contributed by atoms with van der Waals surface area (Å²) in [7, 11) is 0. The van der Waals surface area contributed by atoms with Crippen molar-refractivity contribution in [1.29, 1.82) is 0 Å². The van der Waals surface area contributed by atoms with Crippen LogP contribution in [0.25, 0.3) is 0 Å². The Morgan fingerprint density at radius 3 is 0.887 bits per heavy atom. The van der Waals surface area contributed by atoms with Crippen LogP contribution in [-0.4, -0.2) is 37.2 Å². The average molecular weight is 873 g/mol. The van der Waals surface area contributed by atoms with Crippen molar-refractivity contribution in [3.63, 3.8) is 0 Å². The van der Waals surface area contributed by atoms with Gasteiger partial charge in [-0.3, -0.25) is 14.4 Å². The van der Waals surface area contributed by atoms with Crippen LogP contribution in [0.2, 0.25) is 0 Å². The van der Waals surface area contributed by atoms with E-state index in [0.29, 0.717) is 19.3 Å². The lowest BCUT2D eigenvalue weighted by atomic mass is 10.0. The molecule has 0 radical (unpaired) electrons. The minimum Gasteiger partial charge on any atom is -0.462 e. The van der Waals surface area contributed by atoms with Crippen molar-refractivity contribution >= 4 is 17.9 Å². The van der Waals surface area contributed by atoms with E-state index in [0.717, 1.165) is 64.2 Å². The lowest BCUT2D eigenvalue weighted by Crippen LogP contribution is -2.30. The van der Waals surface area contributed by atoms with Crippen LogP contribution in [0.4, 0.5) is 0 Å². The first-order valence-electron chi connectivity index (χ1n) is 27.3. The Kier molecular flexibility index (Phi) is 49.8. The van der Waals surface area contributed by atoms with Gasteiger partial charge in [0.25, 0.3) is 0 Å². The molecule has 1 unspecified atom stereocenters. The second kappa shape index (κ2) is 51.5. The van der Waals surface area contributed by atoms with Gasteiger partial charge in [-0.1, -0.05) is 251 Å². The van der Waals surface area contributed by atoms with Crippen LogP contribution < -0.4 is 0 Å². The van der Waals surface area contributed by atoms with Crippen molar-refractivity contribution in [1.82, 2.24) is 0 Å². The molecule has 0 heterocycles. The third-order valence-corrected chi connectivity index (χ3v) is 12.2. The molecule has 0 aromatic heterocycles. The summed E-state index contributed by atoms with van der Waals surface area (Å²) in [6, 6.07) is 0. The molecule has 1 atom stereocenters. The van der Waals surface area contributed by atoms with Gasteiger partial charge < -0.3 is 14.2 Å². The van der Waals surface area contributed by atoms with E-state index in [9.17, 15) is 14.4 Å². The number of allylic oxidation sites excluding steroid dienone is 4. The highest BCUT2D eigenvalue weighted by Crippen LogP contribution is 2.16. The monoisotopic (exact) mass is 873 g/mol. The Labute approximate surface area is 385 Å². The van der Waals surface area contributed by atoms with E-state index in [1.165, 1.54) is 193 Å². The average Bonchev–Trinajstić information content (AvgIpc) is 3.27. The van der Waals surface area contributed by atoms with Gasteiger partial charge in [0, 0.05) is 19.3 Å². The largest absolute Gasteiger partial charge is 0.462 e. The topological polar surface area (TPSA) is 78.9 Å². The van der Waals surface area contributed by atoms with E-state index in [2.05, 4.69) is 45.1 Å². The molecule has 0 rings (SSSR count). The molecule has 0 aliphatic rings. The van der Waals surface area contributed by atoms with Crippen LogP contribution in [0.15, 0.2) is 24.3 Å². The maximum absolute atomic E-state index is 12.6. The van der Waals surface area contributed by atoms with Crippen molar-refractivity contribution in [2.75, 3.05) is 13.2 Å². The summed E-state index contributed by atoms with van der Waals surface area (Å²) in [6.07, 6.45) is 59.3. The summed E-state index contributed by atoms with van der Waals surface area (Å²) in [5.41, 5.74) is 0. The van der Waals surface area contributed by atoms with Gasteiger partial charge in [-0.2, -0.15) is 0 Å². The number of unbranched alkanes of at least 4 members (excludes halogenated alkanes) is 35. The second-order valence-corrected chi connectivity index (χ2v) is 18.5. The van der Waals surface area contributed by atoms with Crippen molar-refractivity contribution in [2.24, 2.45) is 0 Å². The smallest absolute Gasteiger partial charge is 0.306 e. The standard InChI is InChI=1S/C56H104O6/c1-4-7-10-13-16-18-19-20-21-22-23-24-25-26-27-28-29-30-31-32-33-34-35-36-37-38-41-43-46-49-55(58)61-52-53(51-60-54(57)48-45-42-39-15-12-9-6-3)62-56(59)50-47-44-40-17-14-11-8-5-2/h19-20,22-23,53H,4-18,21,24-52H2,1-3H3/b20-19-,23-22-. The number of hydrogen-bond donors (Lipinski definition) is 0. The van der Waals surface area contributed by atoms with Crippen LogP contribution in [-0.2, 0) is 28.6 Å². The predicted octanol–water partition coefficient (Wildman–Crippen LogP) is 17.9. The molecule has 0 aliphatic carbocycles. The summed E-state index contributed by atoms with van der Waals surface area (Å²) < 4.78 is 16.7. The maximum atomic E-state index is 12.6. The summed E-state index contributed by atoms with van der Waals surface area (Å²) in [6.45, 7) is 6.58. The molecular formula is C56H104O6. The number of rotatable bonds is 50. The Morgan fingerprint density at radius 2 is 0.581 bits per heavy atom. The van der Waals surface area contributed by atoms with E-state index in [4.69, 9.17) is 14.2 Å². The Morgan fingerprint density at radius 1 is 0.323 bits per heavy atom. The SMILES string of the molecule is CCCCCCC/C=C\C/C=C\CCCCCCCCCCCCCCCCCCCC(=O)OCC(COC(=O)CCCCCCCCC)OC(=O)CCCCCCCCCC. The predicted molar refractivity (Wildman–Crippen MR) is 266 cm³/mol. The first-order chi connectivity index (χ1) is 30.5. The van der Waals surface area contributed by atoms with Gasteiger partial charge in [-0.05, 0) is 51.4 Å². The minimum absolute atomic E-state index is 0.0665. The van der Waals surface area contributed by atoms with Crippen LogP contribution in [0.1, 0.15) is 297 Å². The van der Waals surface area contributed by atoms with Gasteiger partial charge in [0.15, 0.2) is 6.10 Å². The zero-order chi connectivity index (χ0) is 45.1.